The van der Waals surface area contributed by atoms with Crippen molar-refractivity contribution in [2.45, 2.75) is 51.8 Å². The van der Waals surface area contributed by atoms with Gasteiger partial charge in [0.05, 0.1) is 30.3 Å². The molecule has 4 rings (SSSR count). The number of piperidine rings is 1. The van der Waals surface area contributed by atoms with Crippen molar-refractivity contribution < 1.29 is 9.53 Å². The quantitative estimate of drug-likeness (QED) is 0.482. The monoisotopic (exact) mass is 434 g/mol. The number of pyridine rings is 1. The van der Waals surface area contributed by atoms with Gasteiger partial charge in [-0.05, 0) is 57.4 Å². The van der Waals surface area contributed by atoms with Crippen LogP contribution in [0.25, 0.3) is 10.9 Å². The number of ether oxygens (including phenoxy) is 1. The molecule has 1 N–H and O–H groups in total. The summed E-state index contributed by atoms with van der Waals surface area (Å²) in [5.41, 5.74) is 2.61. The lowest BCUT2D eigenvalue weighted by Crippen LogP contribution is -2.49. The van der Waals surface area contributed by atoms with E-state index in [1.807, 2.05) is 56.0 Å². The second-order valence-corrected chi connectivity index (χ2v) is 9.09. The maximum absolute atomic E-state index is 12.3. The molecule has 0 saturated carbocycles. The van der Waals surface area contributed by atoms with Crippen LogP contribution in [0, 0.1) is 0 Å². The fourth-order valence-electron chi connectivity index (χ4n) is 3.74. The van der Waals surface area contributed by atoms with Gasteiger partial charge in [0, 0.05) is 36.9 Å². The van der Waals surface area contributed by atoms with Crippen molar-refractivity contribution in [2.75, 3.05) is 13.1 Å². The molecule has 1 aliphatic rings. The zero-order valence-corrected chi connectivity index (χ0v) is 18.9. The highest BCUT2D eigenvalue weighted by molar-refractivity contribution is 5.77. The minimum atomic E-state index is -0.479. The lowest BCUT2D eigenvalue weighted by atomic mass is 10.1. The van der Waals surface area contributed by atoms with Gasteiger partial charge < -0.3 is 15.0 Å². The number of aliphatic imine (C=N–C) groups is 1. The van der Waals surface area contributed by atoms with Crippen LogP contribution in [0.1, 0.15) is 39.2 Å². The number of carbonyl (C=O) groups is 1. The van der Waals surface area contributed by atoms with Crippen LogP contribution in [0.15, 0.2) is 53.9 Å². The zero-order chi connectivity index (χ0) is 22.6. The molecule has 1 atom stereocenters. The van der Waals surface area contributed by atoms with Gasteiger partial charge >= 0.3 is 6.09 Å². The molecule has 32 heavy (non-hydrogen) atoms. The molecule has 8 heteroatoms. The topological polar surface area (TPSA) is 84.6 Å². The SMILES string of the molecule is CC(C)(C)OC(=O)N1CCC[C@@H](NC=Nc2ccc(Cn3ncc4cnccc43)cc2)C1. The van der Waals surface area contributed by atoms with Crippen LogP contribution in [-0.4, -0.2) is 56.8 Å². The first-order valence-corrected chi connectivity index (χ1v) is 11.0. The summed E-state index contributed by atoms with van der Waals surface area (Å²) in [4.78, 5) is 22.7. The summed E-state index contributed by atoms with van der Waals surface area (Å²) in [7, 11) is 0. The number of fused-ring (bicyclic) bond motifs is 1. The molecule has 1 aromatic carbocycles. The third kappa shape index (κ3) is 5.63. The fraction of sp³-hybridized carbons (Fsp3) is 0.417. The van der Waals surface area contributed by atoms with E-state index in [4.69, 9.17) is 4.74 Å². The van der Waals surface area contributed by atoms with Gasteiger partial charge in [-0.1, -0.05) is 12.1 Å². The van der Waals surface area contributed by atoms with E-state index in [2.05, 4.69) is 32.5 Å². The van der Waals surface area contributed by atoms with Crippen LogP contribution in [-0.2, 0) is 11.3 Å². The van der Waals surface area contributed by atoms with E-state index in [0.29, 0.717) is 13.1 Å². The molecule has 0 spiro atoms. The number of carbonyl (C=O) groups excluding carboxylic acids is 1. The first kappa shape index (κ1) is 21.8. The van der Waals surface area contributed by atoms with Gasteiger partial charge in [-0.15, -0.1) is 0 Å². The Bertz CT molecular complexity index is 1080. The molecule has 0 bridgehead atoms. The number of hydrogen-bond acceptors (Lipinski definition) is 5. The van der Waals surface area contributed by atoms with Gasteiger partial charge in [0.15, 0.2) is 0 Å². The summed E-state index contributed by atoms with van der Waals surface area (Å²) >= 11 is 0. The number of likely N-dealkylation sites (tertiary alicyclic amines) is 1. The van der Waals surface area contributed by atoms with Gasteiger partial charge in [0.1, 0.15) is 5.60 Å². The van der Waals surface area contributed by atoms with Crippen LogP contribution in [0.4, 0.5) is 10.5 Å². The summed E-state index contributed by atoms with van der Waals surface area (Å²) in [6, 6.07) is 10.3. The van der Waals surface area contributed by atoms with Crippen LogP contribution in [0.2, 0.25) is 0 Å². The lowest BCUT2D eigenvalue weighted by Gasteiger charge is -2.34. The average Bonchev–Trinajstić information content (AvgIpc) is 3.17. The molecule has 1 aliphatic heterocycles. The Morgan fingerprint density at radius 1 is 1.25 bits per heavy atom. The lowest BCUT2D eigenvalue weighted by molar-refractivity contribution is 0.0194. The molecule has 0 radical (unpaired) electrons. The first-order chi connectivity index (χ1) is 15.4. The Morgan fingerprint density at radius 3 is 2.84 bits per heavy atom. The Balaban J connectivity index is 1.30. The molecule has 2 aromatic heterocycles. The maximum atomic E-state index is 12.3. The van der Waals surface area contributed by atoms with Crippen molar-refractivity contribution in [2.24, 2.45) is 4.99 Å². The number of benzene rings is 1. The standard InChI is InChI=1S/C24H30N6O2/c1-24(2,3)32-23(31)29-12-4-5-21(16-29)27-17-26-20-8-6-18(7-9-20)15-30-22-10-11-25-13-19(22)14-28-30/h6-11,13-14,17,21H,4-5,12,15-16H2,1-3H3,(H,26,27)/t21-/m1/s1. The van der Waals surface area contributed by atoms with E-state index in [-0.39, 0.29) is 12.1 Å². The largest absolute Gasteiger partial charge is 0.444 e. The molecule has 1 saturated heterocycles. The van der Waals surface area contributed by atoms with E-state index in [1.165, 1.54) is 0 Å². The van der Waals surface area contributed by atoms with Gasteiger partial charge in [0.2, 0.25) is 0 Å². The number of amides is 1. The summed E-state index contributed by atoms with van der Waals surface area (Å²) < 4.78 is 7.46. The minimum Gasteiger partial charge on any atom is -0.444 e. The highest BCUT2D eigenvalue weighted by atomic mass is 16.6. The molecule has 0 aliphatic carbocycles. The van der Waals surface area contributed by atoms with E-state index in [1.54, 1.807) is 17.4 Å². The molecule has 3 aromatic rings. The highest BCUT2D eigenvalue weighted by Gasteiger charge is 2.27. The Morgan fingerprint density at radius 2 is 2.06 bits per heavy atom. The van der Waals surface area contributed by atoms with Crippen molar-refractivity contribution in [1.82, 2.24) is 25.0 Å². The summed E-state index contributed by atoms with van der Waals surface area (Å²) in [5, 5.41) is 8.82. The van der Waals surface area contributed by atoms with E-state index in [0.717, 1.165) is 41.5 Å². The summed E-state index contributed by atoms with van der Waals surface area (Å²) in [5.74, 6) is 0. The number of aromatic nitrogens is 3. The zero-order valence-electron chi connectivity index (χ0n) is 18.9. The van der Waals surface area contributed by atoms with Gasteiger partial charge in [-0.3, -0.25) is 9.67 Å². The van der Waals surface area contributed by atoms with Crippen LogP contribution < -0.4 is 5.32 Å². The predicted octanol–water partition coefficient (Wildman–Crippen LogP) is 4.13. The fourth-order valence-corrected chi connectivity index (χ4v) is 3.74. The first-order valence-electron chi connectivity index (χ1n) is 11.0. The second kappa shape index (κ2) is 9.38. The van der Waals surface area contributed by atoms with Gasteiger partial charge in [-0.25, -0.2) is 9.79 Å². The molecule has 168 valence electrons. The van der Waals surface area contributed by atoms with E-state index in [9.17, 15) is 4.79 Å². The van der Waals surface area contributed by atoms with Crippen molar-refractivity contribution in [3.63, 3.8) is 0 Å². The second-order valence-electron chi connectivity index (χ2n) is 9.09. The Labute approximate surface area is 188 Å². The summed E-state index contributed by atoms with van der Waals surface area (Å²) in [6.45, 7) is 7.70. The summed E-state index contributed by atoms with van der Waals surface area (Å²) in [6.07, 6.45) is 8.86. The normalized spacial score (nSPS) is 17.1. The third-order valence-electron chi connectivity index (χ3n) is 5.31. The Hall–Kier alpha value is -3.42. The maximum Gasteiger partial charge on any atom is 0.410 e. The molecule has 3 heterocycles. The minimum absolute atomic E-state index is 0.168. The number of rotatable bonds is 5. The van der Waals surface area contributed by atoms with Gasteiger partial charge in [-0.2, -0.15) is 5.10 Å². The molecular formula is C24H30N6O2. The van der Waals surface area contributed by atoms with E-state index >= 15 is 0 Å². The van der Waals surface area contributed by atoms with Crippen LogP contribution in [0.5, 0.6) is 0 Å². The van der Waals surface area contributed by atoms with Crippen molar-refractivity contribution in [3.8, 4) is 0 Å². The molecular weight excluding hydrogens is 404 g/mol. The molecule has 0 unspecified atom stereocenters. The number of nitrogens with zero attached hydrogens (tertiary/aromatic N) is 5. The molecule has 1 amide bonds. The number of nitrogens with one attached hydrogen (secondary N) is 1. The van der Waals surface area contributed by atoms with Crippen molar-refractivity contribution >= 4 is 29.0 Å². The average molecular weight is 435 g/mol. The van der Waals surface area contributed by atoms with Crippen molar-refractivity contribution in [1.29, 1.82) is 0 Å². The number of hydrogen-bond donors (Lipinski definition) is 1. The van der Waals surface area contributed by atoms with Gasteiger partial charge in [0.25, 0.3) is 0 Å². The Kier molecular flexibility index (Phi) is 6.39. The van der Waals surface area contributed by atoms with Crippen molar-refractivity contribution in [3.05, 3.63) is 54.5 Å². The molecule has 8 nitrogen and oxygen atoms in total. The predicted molar refractivity (Wildman–Crippen MR) is 125 cm³/mol. The van der Waals surface area contributed by atoms with E-state index < -0.39 is 5.60 Å². The third-order valence-corrected chi connectivity index (χ3v) is 5.31. The smallest absolute Gasteiger partial charge is 0.410 e. The van der Waals surface area contributed by atoms with Crippen LogP contribution in [0.3, 0.4) is 0 Å². The molecule has 1 fully saturated rings. The van der Waals surface area contributed by atoms with Crippen LogP contribution >= 0.6 is 0 Å². The highest BCUT2D eigenvalue weighted by Crippen LogP contribution is 2.17.